The molecule has 1 aliphatic heterocycles. The molecule has 0 bridgehead atoms. The van der Waals surface area contributed by atoms with Gasteiger partial charge in [0, 0.05) is 24.6 Å². The van der Waals surface area contributed by atoms with Crippen molar-refractivity contribution in [1.82, 2.24) is 10.0 Å². The number of nitrogens with two attached hydrogens (primary N) is 2. The number of anilines is 1. The number of hydroxylamine groups is 2. The summed E-state index contributed by atoms with van der Waals surface area (Å²) < 4.78 is 0. The number of amidine groups is 1. The van der Waals surface area contributed by atoms with Gasteiger partial charge in [-0.05, 0) is 12.1 Å². The van der Waals surface area contributed by atoms with Gasteiger partial charge in [-0.2, -0.15) is 5.12 Å². The van der Waals surface area contributed by atoms with Gasteiger partial charge in [0.15, 0.2) is 11.7 Å². The van der Waals surface area contributed by atoms with E-state index in [1.165, 1.54) is 18.3 Å². The first-order chi connectivity index (χ1) is 13.0. The van der Waals surface area contributed by atoms with E-state index in [1.807, 2.05) is 18.2 Å². The number of rotatable bonds is 5. The lowest BCUT2D eigenvalue weighted by atomic mass is 10.2. The Kier molecular flexibility index (Phi) is 5.08. The molecule has 0 saturated carbocycles. The number of carbonyl (C=O) groups is 3. The maximum Gasteiger partial charge on any atom is 0.365 e. The topological polar surface area (TPSA) is 144 Å². The van der Waals surface area contributed by atoms with Gasteiger partial charge in [0.2, 0.25) is 0 Å². The van der Waals surface area contributed by atoms with Crippen LogP contribution >= 0.6 is 0 Å². The average molecular weight is 368 g/mol. The highest BCUT2D eigenvalue weighted by molar-refractivity contribution is 6.02. The number of pyridine rings is 1. The van der Waals surface area contributed by atoms with Crippen LogP contribution in [0.3, 0.4) is 0 Å². The zero-order chi connectivity index (χ0) is 19.4. The summed E-state index contributed by atoms with van der Waals surface area (Å²) in [4.78, 5) is 43.8. The fourth-order valence-electron chi connectivity index (χ4n) is 2.27. The fourth-order valence-corrected chi connectivity index (χ4v) is 2.27. The third-order valence-corrected chi connectivity index (χ3v) is 3.68. The number of hydrogen-bond acceptors (Lipinski definition) is 8. The number of amides is 2. The molecule has 0 atom stereocenters. The number of imide groups is 1. The quantitative estimate of drug-likeness (QED) is 0.252. The molecule has 0 radical (unpaired) electrons. The number of nitrogens with zero attached hydrogens (tertiary/aromatic N) is 4. The summed E-state index contributed by atoms with van der Waals surface area (Å²) in [6.45, 7) is 0. The Morgan fingerprint density at radius 1 is 1.07 bits per heavy atom. The lowest BCUT2D eigenvalue weighted by molar-refractivity contribution is -0.172. The Hall–Kier alpha value is -3.79. The predicted octanol–water partition coefficient (Wildman–Crippen LogP) is 0.303. The first-order valence-corrected chi connectivity index (χ1v) is 7.94. The van der Waals surface area contributed by atoms with Gasteiger partial charge >= 0.3 is 5.97 Å². The second kappa shape index (κ2) is 7.62. The van der Waals surface area contributed by atoms with Crippen LogP contribution in [-0.4, -0.2) is 33.7 Å². The van der Waals surface area contributed by atoms with Crippen LogP contribution in [0.1, 0.15) is 28.8 Å². The number of aromatic nitrogens is 1. The Morgan fingerprint density at radius 3 is 2.33 bits per heavy atom. The van der Waals surface area contributed by atoms with Crippen molar-refractivity contribution in [1.29, 1.82) is 0 Å². The van der Waals surface area contributed by atoms with E-state index in [0.29, 0.717) is 10.6 Å². The number of hydrazone groups is 1. The Labute approximate surface area is 153 Å². The molecule has 3 rings (SSSR count). The molecule has 27 heavy (non-hydrogen) atoms. The Balaban J connectivity index is 1.68. The predicted molar refractivity (Wildman–Crippen MR) is 94.6 cm³/mol. The molecular weight excluding hydrogens is 352 g/mol. The van der Waals surface area contributed by atoms with Crippen molar-refractivity contribution in [2.45, 2.75) is 12.8 Å². The molecule has 10 nitrogen and oxygen atoms in total. The molecule has 2 aromatic rings. The maximum absolute atomic E-state index is 12.0. The van der Waals surface area contributed by atoms with E-state index in [2.05, 4.69) is 10.1 Å². The molecular formula is C17H16N6O4. The molecule has 0 spiro atoms. The normalized spacial score (nSPS) is 14.4. The van der Waals surface area contributed by atoms with E-state index in [4.69, 9.17) is 16.4 Å². The molecule has 1 aromatic heterocycles. The van der Waals surface area contributed by atoms with E-state index >= 15 is 0 Å². The van der Waals surface area contributed by atoms with Crippen LogP contribution in [0.4, 0.5) is 5.82 Å². The smallest absolute Gasteiger partial charge is 0.365 e. The number of hydrogen-bond donors (Lipinski definition) is 2. The standard InChI is InChI=1S/C17H16N6O4/c18-16(11-4-2-1-3-5-11)21-23(19)13-7-6-12(10-20-13)17(26)27-22-14(24)8-9-15(22)25/h1-7,10H,8-9,19H2,(H2,18,21). The fraction of sp³-hybridized carbons (Fsp3) is 0.118. The summed E-state index contributed by atoms with van der Waals surface area (Å²) >= 11 is 0. The lowest BCUT2D eigenvalue weighted by Gasteiger charge is -2.14. The van der Waals surface area contributed by atoms with Gasteiger partial charge in [-0.25, -0.2) is 15.6 Å². The summed E-state index contributed by atoms with van der Waals surface area (Å²) in [5, 5.41) is 5.46. The molecule has 1 aromatic carbocycles. The lowest BCUT2D eigenvalue weighted by Crippen LogP contribution is -2.32. The molecule has 0 unspecified atom stereocenters. The van der Waals surface area contributed by atoms with Crippen molar-refractivity contribution in [2.24, 2.45) is 16.7 Å². The Bertz CT molecular complexity index is 881. The summed E-state index contributed by atoms with van der Waals surface area (Å²) in [5.74, 6) is 4.23. The van der Waals surface area contributed by atoms with Crippen LogP contribution in [0.25, 0.3) is 0 Å². The van der Waals surface area contributed by atoms with Crippen molar-refractivity contribution in [3.05, 3.63) is 59.8 Å². The van der Waals surface area contributed by atoms with Crippen LogP contribution < -0.4 is 16.7 Å². The monoisotopic (exact) mass is 368 g/mol. The van der Waals surface area contributed by atoms with Gasteiger partial charge in [0.25, 0.3) is 11.8 Å². The summed E-state index contributed by atoms with van der Waals surface area (Å²) in [5.41, 5.74) is 6.62. The van der Waals surface area contributed by atoms with Crippen molar-refractivity contribution < 1.29 is 19.2 Å². The van der Waals surface area contributed by atoms with Crippen molar-refractivity contribution >= 4 is 29.4 Å². The van der Waals surface area contributed by atoms with Gasteiger partial charge in [0.1, 0.15) is 0 Å². The number of benzene rings is 1. The molecule has 4 N–H and O–H groups in total. The first-order valence-electron chi connectivity index (χ1n) is 7.94. The van der Waals surface area contributed by atoms with Gasteiger partial charge in [-0.1, -0.05) is 30.3 Å². The minimum atomic E-state index is -0.881. The number of hydrazine groups is 1. The van der Waals surface area contributed by atoms with E-state index in [9.17, 15) is 14.4 Å². The molecule has 0 aliphatic carbocycles. The summed E-state index contributed by atoms with van der Waals surface area (Å²) in [7, 11) is 0. The van der Waals surface area contributed by atoms with Gasteiger partial charge in [0.05, 0.1) is 5.56 Å². The van der Waals surface area contributed by atoms with Crippen LogP contribution in [0.15, 0.2) is 53.8 Å². The van der Waals surface area contributed by atoms with Crippen molar-refractivity contribution in [3.8, 4) is 0 Å². The van der Waals surface area contributed by atoms with Gasteiger partial charge < -0.3 is 10.6 Å². The largest absolute Gasteiger partial charge is 0.382 e. The highest BCUT2D eigenvalue weighted by Crippen LogP contribution is 2.15. The first kappa shape index (κ1) is 18.0. The molecule has 1 fully saturated rings. The van der Waals surface area contributed by atoms with Crippen LogP contribution in [0.5, 0.6) is 0 Å². The van der Waals surface area contributed by atoms with E-state index < -0.39 is 17.8 Å². The highest BCUT2D eigenvalue weighted by Gasteiger charge is 2.33. The second-order valence-corrected chi connectivity index (χ2v) is 5.56. The van der Waals surface area contributed by atoms with Crippen molar-refractivity contribution in [3.63, 3.8) is 0 Å². The SMILES string of the molecule is N/C(=N\N(N)c1ccc(C(=O)ON2C(=O)CCC2=O)cn1)c1ccccc1. The summed E-state index contributed by atoms with van der Waals surface area (Å²) in [6.07, 6.45) is 1.23. The molecule has 2 amide bonds. The van der Waals surface area contributed by atoms with Crippen LogP contribution in [0.2, 0.25) is 0 Å². The van der Waals surface area contributed by atoms with Crippen LogP contribution in [0, 0.1) is 0 Å². The van der Waals surface area contributed by atoms with Crippen LogP contribution in [-0.2, 0) is 14.4 Å². The van der Waals surface area contributed by atoms with Gasteiger partial charge in [-0.15, -0.1) is 10.2 Å². The zero-order valence-electron chi connectivity index (χ0n) is 14.1. The van der Waals surface area contributed by atoms with E-state index in [1.54, 1.807) is 12.1 Å². The van der Waals surface area contributed by atoms with Gasteiger partial charge in [-0.3, -0.25) is 9.59 Å². The van der Waals surface area contributed by atoms with E-state index in [-0.39, 0.29) is 30.1 Å². The Morgan fingerprint density at radius 2 is 1.74 bits per heavy atom. The molecule has 2 heterocycles. The summed E-state index contributed by atoms with van der Waals surface area (Å²) in [6, 6.07) is 11.8. The second-order valence-electron chi connectivity index (χ2n) is 5.56. The highest BCUT2D eigenvalue weighted by atomic mass is 16.7. The zero-order valence-corrected chi connectivity index (χ0v) is 14.1. The maximum atomic E-state index is 12.0. The van der Waals surface area contributed by atoms with E-state index in [0.717, 1.165) is 5.12 Å². The third kappa shape index (κ3) is 4.07. The molecule has 1 aliphatic rings. The number of carbonyl (C=O) groups excluding carboxylic acids is 3. The minimum absolute atomic E-state index is 0.0201. The average Bonchev–Trinajstić information content (AvgIpc) is 3.00. The molecule has 10 heteroatoms. The third-order valence-electron chi connectivity index (χ3n) is 3.68. The molecule has 1 saturated heterocycles. The molecule has 138 valence electrons. The minimum Gasteiger partial charge on any atom is -0.382 e. The van der Waals surface area contributed by atoms with Crippen molar-refractivity contribution in [2.75, 3.05) is 5.12 Å².